The van der Waals surface area contributed by atoms with Gasteiger partial charge >= 0.3 is 0 Å². The van der Waals surface area contributed by atoms with Gasteiger partial charge in [-0.15, -0.1) is 0 Å². The predicted octanol–water partition coefficient (Wildman–Crippen LogP) is 4.80. The molecule has 1 aromatic heterocycles. The Morgan fingerprint density at radius 2 is 2.20 bits per heavy atom. The van der Waals surface area contributed by atoms with Crippen LogP contribution in [0.5, 0.6) is 5.75 Å². The summed E-state index contributed by atoms with van der Waals surface area (Å²) < 4.78 is 6.48. The zero-order valence-electron chi connectivity index (χ0n) is 11.9. The van der Waals surface area contributed by atoms with Crippen LogP contribution >= 0.6 is 27.3 Å². The van der Waals surface area contributed by atoms with E-state index in [1.165, 1.54) is 11.1 Å². The molecule has 0 saturated carbocycles. The molecule has 1 heterocycles. The van der Waals surface area contributed by atoms with Crippen LogP contribution in [0.2, 0.25) is 0 Å². The van der Waals surface area contributed by atoms with Crippen molar-refractivity contribution >= 4 is 27.3 Å². The molecule has 2 nitrogen and oxygen atoms in total. The van der Waals surface area contributed by atoms with E-state index in [0.717, 1.165) is 29.6 Å². The van der Waals surface area contributed by atoms with Crippen LogP contribution in [0.1, 0.15) is 30.5 Å². The number of benzene rings is 1. The molecule has 0 saturated heterocycles. The number of methoxy groups -OCH3 is 1. The van der Waals surface area contributed by atoms with Crippen molar-refractivity contribution in [1.29, 1.82) is 0 Å². The van der Waals surface area contributed by atoms with Crippen LogP contribution in [-0.4, -0.2) is 13.7 Å². The first-order valence-electron chi connectivity index (χ1n) is 6.82. The lowest BCUT2D eigenvalue weighted by atomic mass is 10.00. The van der Waals surface area contributed by atoms with Gasteiger partial charge in [0.15, 0.2) is 0 Å². The number of nitrogens with one attached hydrogen (secondary N) is 1. The van der Waals surface area contributed by atoms with E-state index in [0.29, 0.717) is 6.04 Å². The lowest BCUT2D eigenvalue weighted by Crippen LogP contribution is -2.24. The first-order chi connectivity index (χ1) is 9.74. The summed E-state index contributed by atoms with van der Waals surface area (Å²) in [5.74, 6) is 0.900. The number of hydrogen-bond donors (Lipinski definition) is 1. The fourth-order valence-corrected chi connectivity index (χ4v) is 3.38. The van der Waals surface area contributed by atoms with E-state index in [1.807, 2.05) is 6.07 Å². The van der Waals surface area contributed by atoms with Crippen molar-refractivity contribution in [3.05, 3.63) is 50.6 Å². The number of halogens is 1. The molecule has 2 rings (SSSR count). The van der Waals surface area contributed by atoms with Gasteiger partial charge in [0.25, 0.3) is 0 Å². The van der Waals surface area contributed by atoms with E-state index < -0.39 is 0 Å². The Hall–Kier alpha value is -0.840. The van der Waals surface area contributed by atoms with Gasteiger partial charge in [-0.2, -0.15) is 11.3 Å². The third kappa shape index (κ3) is 4.08. The van der Waals surface area contributed by atoms with Gasteiger partial charge in [0, 0.05) is 10.5 Å². The normalized spacial score (nSPS) is 12.3. The lowest BCUT2D eigenvalue weighted by molar-refractivity contribution is 0.412. The highest BCUT2D eigenvalue weighted by Gasteiger charge is 2.15. The molecule has 0 radical (unpaired) electrons. The van der Waals surface area contributed by atoms with Crippen molar-refractivity contribution in [2.75, 3.05) is 13.7 Å². The van der Waals surface area contributed by atoms with Crippen LogP contribution in [0, 0.1) is 0 Å². The Kier molecular flexibility index (Phi) is 6.07. The Morgan fingerprint density at radius 3 is 2.85 bits per heavy atom. The molecule has 1 unspecified atom stereocenters. The SMILES string of the molecule is CCCNC(Cc1ccsc1)c1cc(OC)ccc1Br. The zero-order chi connectivity index (χ0) is 14.4. The van der Waals surface area contributed by atoms with Gasteiger partial charge in [-0.3, -0.25) is 0 Å². The quantitative estimate of drug-likeness (QED) is 0.771. The summed E-state index contributed by atoms with van der Waals surface area (Å²) in [6.45, 7) is 3.20. The minimum atomic E-state index is 0.300. The van der Waals surface area contributed by atoms with E-state index in [1.54, 1.807) is 18.4 Å². The van der Waals surface area contributed by atoms with Crippen molar-refractivity contribution in [1.82, 2.24) is 5.32 Å². The van der Waals surface area contributed by atoms with Crippen molar-refractivity contribution in [3.63, 3.8) is 0 Å². The molecule has 108 valence electrons. The van der Waals surface area contributed by atoms with Crippen molar-refractivity contribution in [3.8, 4) is 5.75 Å². The van der Waals surface area contributed by atoms with Gasteiger partial charge in [-0.1, -0.05) is 22.9 Å². The molecule has 1 N–H and O–H groups in total. The van der Waals surface area contributed by atoms with Crippen molar-refractivity contribution in [2.24, 2.45) is 0 Å². The fraction of sp³-hybridized carbons (Fsp3) is 0.375. The van der Waals surface area contributed by atoms with E-state index in [2.05, 4.69) is 57.1 Å². The molecule has 20 heavy (non-hydrogen) atoms. The number of thiophene rings is 1. The third-order valence-electron chi connectivity index (χ3n) is 3.24. The first-order valence-corrected chi connectivity index (χ1v) is 8.56. The largest absolute Gasteiger partial charge is 0.497 e. The van der Waals surface area contributed by atoms with Crippen LogP contribution in [-0.2, 0) is 6.42 Å². The maximum absolute atomic E-state index is 5.35. The highest BCUT2D eigenvalue weighted by molar-refractivity contribution is 9.10. The third-order valence-corrected chi connectivity index (χ3v) is 4.69. The molecule has 0 aliphatic heterocycles. The zero-order valence-corrected chi connectivity index (χ0v) is 14.3. The van der Waals surface area contributed by atoms with Gasteiger partial charge in [-0.05, 0) is 65.5 Å². The Labute approximate surface area is 133 Å². The fourth-order valence-electron chi connectivity index (χ4n) is 2.17. The molecule has 0 spiro atoms. The summed E-state index contributed by atoms with van der Waals surface area (Å²) in [5.41, 5.74) is 2.63. The van der Waals surface area contributed by atoms with Gasteiger partial charge in [0.05, 0.1) is 7.11 Å². The molecule has 2 aromatic rings. The average molecular weight is 354 g/mol. The van der Waals surface area contributed by atoms with Crippen molar-refractivity contribution < 1.29 is 4.74 Å². The minimum Gasteiger partial charge on any atom is -0.497 e. The minimum absolute atomic E-state index is 0.300. The maximum atomic E-state index is 5.35. The molecule has 0 aliphatic carbocycles. The maximum Gasteiger partial charge on any atom is 0.119 e. The standard InChI is InChI=1S/C16H20BrNOS/c1-3-7-18-16(9-12-6-8-20-11-12)14-10-13(19-2)4-5-15(14)17/h4-6,8,10-11,16,18H,3,7,9H2,1-2H3. The van der Waals surface area contributed by atoms with Gasteiger partial charge in [-0.25, -0.2) is 0 Å². The molecule has 1 atom stereocenters. The number of hydrogen-bond acceptors (Lipinski definition) is 3. The Balaban J connectivity index is 2.24. The number of ether oxygens (including phenoxy) is 1. The monoisotopic (exact) mass is 353 g/mol. The van der Waals surface area contributed by atoms with Crippen molar-refractivity contribution in [2.45, 2.75) is 25.8 Å². The smallest absolute Gasteiger partial charge is 0.119 e. The van der Waals surface area contributed by atoms with E-state index in [4.69, 9.17) is 4.74 Å². The van der Waals surface area contributed by atoms with E-state index in [9.17, 15) is 0 Å². The highest BCUT2D eigenvalue weighted by atomic mass is 79.9. The van der Waals surface area contributed by atoms with Gasteiger partial charge in [0.2, 0.25) is 0 Å². The molecular formula is C16H20BrNOS. The second-order valence-electron chi connectivity index (χ2n) is 4.73. The van der Waals surface area contributed by atoms with Crippen LogP contribution in [0.25, 0.3) is 0 Å². The summed E-state index contributed by atoms with van der Waals surface area (Å²) >= 11 is 5.41. The van der Waals surface area contributed by atoms with Crippen LogP contribution in [0.3, 0.4) is 0 Å². The van der Waals surface area contributed by atoms with Crippen LogP contribution in [0.15, 0.2) is 39.5 Å². The van der Waals surface area contributed by atoms with Crippen LogP contribution in [0.4, 0.5) is 0 Å². The summed E-state index contributed by atoms with van der Waals surface area (Å²) in [7, 11) is 1.71. The summed E-state index contributed by atoms with van der Waals surface area (Å²) in [5, 5.41) is 7.98. The Morgan fingerprint density at radius 1 is 1.35 bits per heavy atom. The molecule has 0 bridgehead atoms. The summed E-state index contributed by atoms with van der Waals surface area (Å²) in [4.78, 5) is 0. The van der Waals surface area contributed by atoms with E-state index in [-0.39, 0.29) is 0 Å². The molecule has 0 fully saturated rings. The van der Waals surface area contributed by atoms with Gasteiger partial charge < -0.3 is 10.1 Å². The van der Waals surface area contributed by atoms with Gasteiger partial charge in [0.1, 0.15) is 5.75 Å². The average Bonchev–Trinajstić information content (AvgIpc) is 2.97. The molecule has 1 aromatic carbocycles. The topological polar surface area (TPSA) is 21.3 Å². The number of rotatable bonds is 7. The summed E-state index contributed by atoms with van der Waals surface area (Å²) in [6.07, 6.45) is 2.12. The van der Waals surface area contributed by atoms with E-state index >= 15 is 0 Å². The van der Waals surface area contributed by atoms with Crippen LogP contribution < -0.4 is 10.1 Å². The predicted molar refractivity (Wildman–Crippen MR) is 89.8 cm³/mol. The lowest BCUT2D eigenvalue weighted by Gasteiger charge is -2.20. The second kappa shape index (κ2) is 7.81. The summed E-state index contributed by atoms with van der Waals surface area (Å²) in [6, 6.07) is 8.65. The molecule has 0 amide bonds. The molecule has 0 aliphatic rings. The molecule has 4 heteroatoms. The highest BCUT2D eigenvalue weighted by Crippen LogP contribution is 2.30. The molecular weight excluding hydrogens is 334 g/mol. The second-order valence-corrected chi connectivity index (χ2v) is 6.36. The Bertz CT molecular complexity index is 527. The first kappa shape index (κ1) is 15.5.